The Balaban J connectivity index is 2.18. The molecule has 0 aromatic carbocycles. The highest BCUT2D eigenvalue weighted by Gasteiger charge is 2.33. The predicted octanol–water partition coefficient (Wildman–Crippen LogP) is 1.07. The van der Waals surface area contributed by atoms with Crippen LogP contribution in [0, 0.1) is 11.8 Å². The lowest BCUT2D eigenvalue weighted by molar-refractivity contribution is 0.122. The van der Waals surface area contributed by atoms with Crippen LogP contribution >= 0.6 is 0 Å². The van der Waals surface area contributed by atoms with E-state index in [0.717, 1.165) is 24.9 Å². The Kier molecular flexibility index (Phi) is 2.96. The van der Waals surface area contributed by atoms with Crippen LogP contribution in [0.5, 0.6) is 0 Å². The number of nitrogens with zero attached hydrogens (tertiary/aromatic N) is 1. The molecule has 1 unspecified atom stereocenters. The first-order chi connectivity index (χ1) is 5.15. The van der Waals surface area contributed by atoms with Gasteiger partial charge in [-0.1, -0.05) is 20.3 Å². The maximum absolute atomic E-state index is 9.17. The first-order valence-electron chi connectivity index (χ1n) is 4.57. The highest BCUT2D eigenvalue weighted by Crippen LogP contribution is 2.25. The lowest BCUT2D eigenvalue weighted by Crippen LogP contribution is -2.55. The van der Waals surface area contributed by atoms with Gasteiger partial charge in [-0.25, -0.2) is 0 Å². The molecule has 0 amide bonds. The van der Waals surface area contributed by atoms with Crippen molar-refractivity contribution in [1.82, 2.24) is 4.81 Å². The molecular weight excluding hydrogens is 137 g/mol. The lowest BCUT2D eigenvalue weighted by Gasteiger charge is -2.43. The van der Waals surface area contributed by atoms with Crippen LogP contribution in [0.1, 0.15) is 20.3 Å². The van der Waals surface area contributed by atoms with Gasteiger partial charge in [0.05, 0.1) is 0 Å². The zero-order valence-corrected chi connectivity index (χ0v) is 7.75. The van der Waals surface area contributed by atoms with Crippen LogP contribution in [0.2, 0.25) is 6.82 Å². The molecule has 0 aliphatic carbocycles. The van der Waals surface area contributed by atoms with Gasteiger partial charge in [-0.15, -0.1) is 0 Å². The summed E-state index contributed by atoms with van der Waals surface area (Å²) in [4.78, 5) is 2.11. The molecule has 2 nitrogen and oxygen atoms in total. The van der Waals surface area contributed by atoms with Crippen molar-refractivity contribution in [3.8, 4) is 0 Å². The quantitative estimate of drug-likeness (QED) is 0.616. The van der Waals surface area contributed by atoms with E-state index in [-0.39, 0.29) is 7.05 Å². The van der Waals surface area contributed by atoms with Crippen molar-refractivity contribution in [1.29, 1.82) is 0 Å². The van der Waals surface area contributed by atoms with Crippen molar-refractivity contribution < 1.29 is 5.02 Å². The molecule has 1 rings (SSSR count). The smallest absolute Gasteiger partial charge is 0.376 e. The van der Waals surface area contributed by atoms with E-state index in [1.54, 1.807) is 0 Å². The summed E-state index contributed by atoms with van der Waals surface area (Å²) in [5.41, 5.74) is 0. The van der Waals surface area contributed by atoms with Gasteiger partial charge in [-0.3, -0.25) is 0 Å². The van der Waals surface area contributed by atoms with Gasteiger partial charge in [-0.2, -0.15) is 0 Å². The first kappa shape index (κ1) is 9.08. The molecule has 0 aromatic rings. The van der Waals surface area contributed by atoms with E-state index in [0.29, 0.717) is 0 Å². The zero-order valence-electron chi connectivity index (χ0n) is 7.75. The minimum atomic E-state index is -0.240. The van der Waals surface area contributed by atoms with Crippen LogP contribution in [0.3, 0.4) is 0 Å². The summed E-state index contributed by atoms with van der Waals surface area (Å²) < 4.78 is 0. The van der Waals surface area contributed by atoms with Crippen molar-refractivity contribution in [2.45, 2.75) is 27.1 Å². The van der Waals surface area contributed by atoms with Crippen LogP contribution in [0.4, 0.5) is 0 Å². The fourth-order valence-electron chi connectivity index (χ4n) is 1.55. The Bertz CT molecular complexity index is 123. The normalized spacial score (nSPS) is 22.9. The Morgan fingerprint density at radius 1 is 1.64 bits per heavy atom. The topological polar surface area (TPSA) is 23.5 Å². The Labute approximate surface area is 69.7 Å². The van der Waals surface area contributed by atoms with Crippen molar-refractivity contribution in [2.24, 2.45) is 11.8 Å². The summed E-state index contributed by atoms with van der Waals surface area (Å²) in [6.45, 7) is 8.55. The fraction of sp³-hybridized carbons (Fsp3) is 1.00. The van der Waals surface area contributed by atoms with Crippen molar-refractivity contribution >= 4 is 7.05 Å². The van der Waals surface area contributed by atoms with Gasteiger partial charge in [0.2, 0.25) is 0 Å². The van der Waals surface area contributed by atoms with Crippen molar-refractivity contribution in [3.63, 3.8) is 0 Å². The molecule has 0 aromatic heterocycles. The van der Waals surface area contributed by atoms with Crippen LogP contribution in [-0.4, -0.2) is 30.0 Å². The summed E-state index contributed by atoms with van der Waals surface area (Å²) in [6, 6.07) is 0. The van der Waals surface area contributed by atoms with Crippen LogP contribution in [-0.2, 0) is 0 Å². The summed E-state index contributed by atoms with van der Waals surface area (Å²) in [7, 11) is -0.240. The van der Waals surface area contributed by atoms with E-state index >= 15 is 0 Å². The minimum absolute atomic E-state index is 0.240. The van der Waals surface area contributed by atoms with E-state index in [1.165, 1.54) is 6.42 Å². The maximum Gasteiger partial charge on any atom is 0.376 e. The predicted molar refractivity (Wildman–Crippen MR) is 48.4 cm³/mol. The molecule has 1 fully saturated rings. The molecular formula is C8H18BNO. The molecule has 1 aliphatic rings. The van der Waals surface area contributed by atoms with E-state index in [2.05, 4.69) is 18.7 Å². The first-order valence-corrected chi connectivity index (χ1v) is 4.57. The number of hydrogen-bond donors (Lipinski definition) is 1. The molecule has 1 N–H and O–H groups in total. The minimum Gasteiger partial charge on any atom is -0.437 e. The fourth-order valence-corrected chi connectivity index (χ4v) is 1.55. The highest BCUT2D eigenvalue weighted by molar-refractivity contribution is 6.45. The van der Waals surface area contributed by atoms with Crippen LogP contribution in [0.25, 0.3) is 0 Å². The molecule has 0 saturated carbocycles. The Morgan fingerprint density at radius 3 is 2.55 bits per heavy atom. The third-order valence-corrected chi connectivity index (χ3v) is 2.92. The summed E-state index contributed by atoms with van der Waals surface area (Å²) >= 11 is 0. The Hall–Kier alpha value is -0.0151. The van der Waals surface area contributed by atoms with Crippen LogP contribution < -0.4 is 0 Å². The average Bonchev–Trinajstić information content (AvgIpc) is 1.83. The molecule has 1 heterocycles. The molecule has 3 heteroatoms. The van der Waals surface area contributed by atoms with Gasteiger partial charge in [0.1, 0.15) is 0 Å². The molecule has 0 bridgehead atoms. The summed E-state index contributed by atoms with van der Waals surface area (Å²) in [5.74, 6) is 1.65. The van der Waals surface area contributed by atoms with Crippen LogP contribution in [0.15, 0.2) is 0 Å². The largest absolute Gasteiger partial charge is 0.437 e. The van der Waals surface area contributed by atoms with Gasteiger partial charge in [0.25, 0.3) is 0 Å². The second-order valence-corrected chi connectivity index (χ2v) is 3.73. The van der Waals surface area contributed by atoms with E-state index in [9.17, 15) is 5.02 Å². The molecule has 1 saturated heterocycles. The number of rotatable bonds is 3. The summed E-state index contributed by atoms with van der Waals surface area (Å²) in [6.07, 6.45) is 1.26. The standard InChI is InChI=1S/C8H18BNO/c1-4-7(2)8-5-10(6-8)9(3)11/h7-8,11H,4-6H2,1-3H3. The molecule has 64 valence electrons. The average molecular weight is 155 g/mol. The highest BCUT2D eigenvalue weighted by atomic mass is 16.2. The van der Waals surface area contributed by atoms with E-state index in [1.807, 2.05) is 6.82 Å². The molecule has 1 atom stereocenters. The van der Waals surface area contributed by atoms with E-state index < -0.39 is 0 Å². The van der Waals surface area contributed by atoms with Gasteiger partial charge in [0.15, 0.2) is 0 Å². The molecule has 1 aliphatic heterocycles. The van der Waals surface area contributed by atoms with Crippen molar-refractivity contribution in [3.05, 3.63) is 0 Å². The molecule has 0 radical (unpaired) electrons. The van der Waals surface area contributed by atoms with Gasteiger partial charge in [0, 0.05) is 0 Å². The van der Waals surface area contributed by atoms with Gasteiger partial charge < -0.3 is 9.83 Å². The monoisotopic (exact) mass is 155 g/mol. The van der Waals surface area contributed by atoms with Gasteiger partial charge in [-0.05, 0) is 31.7 Å². The Morgan fingerprint density at radius 2 is 2.18 bits per heavy atom. The molecule has 11 heavy (non-hydrogen) atoms. The maximum atomic E-state index is 9.17. The van der Waals surface area contributed by atoms with E-state index in [4.69, 9.17) is 0 Å². The number of hydrogen-bond acceptors (Lipinski definition) is 2. The summed E-state index contributed by atoms with van der Waals surface area (Å²) in [5, 5.41) is 9.17. The second kappa shape index (κ2) is 3.59. The second-order valence-electron chi connectivity index (χ2n) is 3.73. The van der Waals surface area contributed by atoms with Crippen molar-refractivity contribution in [2.75, 3.05) is 13.1 Å². The SMILES string of the molecule is CCC(C)C1CN(B(C)O)C1. The van der Waals surface area contributed by atoms with Gasteiger partial charge >= 0.3 is 7.05 Å². The third-order valence-electron chi connectivity index (χ3n) is 2.92. The lowest BCUT2D eigenvalue weighted by atomic mass is 9.74. The molecule has 0 spiro atoms. The third kappa shape index (κ3) is 1.97. The zero-order chi connectivity index (χ0) is 8.43.